The SMILES string of the molecule is COc1cc2c(cc1/C=C(\C#N)C(=O)Nc1nccs1)OC(C)C2. The fourth-order valence-corrected chi connectivity index (χ4v) is 3.02. The summed E-state index contributed by atoms with van der Waals surface area (Å²) >= 11 is 1.29. The average Bonchev–Trinajstić information content (AvgIpc) is 3.19. The topological polar surface area (TPSA) is 84.2 Å². The van der Waals surface area contributed by atoms with E-state index in [2.05, 4.69) is 10.3 Å². The molecule has 1 aliphatic heterocycles. The van der Waals surface area contributed by atoms with E-state index in [9.17, 15) is 10.1 Å². The van der Waals surface area contributed by atoms with Gasteiger partial charge in [0.1, 0.15) is 29.2 Å². The van der Waals surface area contributed by atoms with Gasteiger partial charge >= 0.3 is 0 Å². The summed E-state index contributed by atoms with van der Waals surface area (Å²) in [6.07, 6.45) is 3.99. The van der Waals surface area contributed by atoms with E-state index in [1.165, 1.54) is 17.4 Å². The number of thiazole rings is 1. The highest BCUT2D eigenvalue weighted by Crippen LogP contribution is 2.36. The summed E-state index contributed by atoms with van der Waals surface area (Å²) in [6.45, 7) is 1.99. The average molecular weight is 341 g/mol. The molecule has 7 heteroatoms. The van der Waals surface area contributed by atoms with Gasteiger partial charge < -0.3 is 9.47 Å². The van der Waals surface area contributed by atoms with E-state index in [1.54, 1.807) is 24.8 Å². The maximum Gasteiger partial charge on any atom is 0.268 e. The molecule has 122 valence electrons. The Morgan fingerprint density at radius 2 is 2.42 bits per heavy atom. The third-order valence-corrected chi connectivity index (χ3v) is 4.25. The van der Waals surface area contributed by atoms with Gasteiger partial charge in [-0.3, -0.25) is 10.1 Å². The highest BCUT2D eigenvalue weighted by atomic mass is 32.1. The number of amides is 1. The van der Waals surface area contributed by atoms with Crippen molar-refractivity contribution in [2.75, 3.05) is 12.4 Å². The second-order valence-electron chi connectivity index (χ2n) is 5.30. The third kappa shape index (κ3) is 3.24. The van der Waals surface area contributed by atoms with E-state index in [0.29, 0.717) is 16.4 Å². The van der Waals surface area contributed by atoms with Crippen molar-refractivity contribution >= 4 is 28.5 Å². The molecule has 1 atom stereocenters. The predicted molar refractivity (Wildman–Crippen MR) is 91.1 cm³/mol. The molecule has 1 unspecified atom stereocenters. The van der Waals surface area contributed by atoms with Gasteiger partial charge in [0.05, 0.1) is 7.11 Å². The Morgan fingerprint density at radius 3 is 3.08 bits per heavy atom. The van der Waals surface area contributed by atoms with Crippen molar-refractivity contribution in [1.82, 2.24) is 4.98 Å². The van der Waals surface area contributed by atoms with E-state index < -0.39 is 5.91 Å². The third-order valence-electron chi connectivity index (χ3n) is 3.57. The number of rotatable bonds is 4. The first-order chi connectivity index (χ1) is 11.6. The predicted octanol–water partition coefficient (Wildman–Crippen LogP) is 3.02. The summed E-state index contributed by atoms with van der Waals surface area (Å²) in [6, 6.07) is 5.60. The van der Waals surface area contributed by atoms with Gasteiger partial charge in [-0.05, 0) is 25.1 Å². The number of hydrogen-bond acceptors (Lipinski definition) is 6. The zero-order valence-electron chi connectivity index (χ0n) is 13.2. The highest BCUT2D eigenvalue weighted by Gasteiger charge is 2.22. The van der Waals surface area contributed by atoms with Crippen LogP contribution >= 0.6 is 11.3 Å². The van der Waals surface area contributed by atoms with Gasteiger partial charge in [-0.15, -0.1) is 11.3 Å². The molecule has 0 bridgehead atoms. The second-order valence-corrected chi connectivity index (χ2v) is 6.19. The number of anilines is 1. The molecule has 1 aliphatic rings. The van der Waals surface area contributed by atoms with Crippen LogP contribution in [0.2, 0.25) is 0 Å². The molecule has 0 spiro atoms. The van der Waals surface area contributed by atoms with E-state index in [4.69, 9.17) is 9.47 Å². The summed E-state index contributed by atoms with van der Waals surface area (Å²) in [5, 5.41) is 14.1. The molecule has 6 nitrogen and oxygen atoms in total. The summed E-state index contributed by atoms with van der Waals surface area (Å²) in [4.78, 5) is 16.2. The Kier molecular flexibility index (Phi) is 4.49. The minimum atomic E-state index is -0.510. The molecule has 0 saturated heterocycles. The number of nitriles is 1. The molecule has 1 N–H and O–H groups in total. The second kappa shape index (κ2) is 6.72. The molecule has 1 aromatic heterocycles. The Bertz CT molecular complexity index is 838. The molecule has 1 aromatic carbocycles. The standard InChI is InChI=1S/C17H15N3O3S/c1-10-5-11-7-14(22-2)12(8-15(11)23-10)6-13(9-18)16(21)20-17-19-3-4-24-17/h3-4,6-8,10H,5H2,1-2H3,(H,19,20,21)/b13-6+. The number of carbonyl (C=O) groups is 1. The number of methoxy groups -OCH3 is 1. The van der Waals surface area contributed by atoms with Crippen LogP contribution in [0.15, 0.2) is 29.3 Å². The molecule has 3 rings (SSSR count). The normalized spacial score (nSPS) is 16.0. The van der Waals surface area contributed by atoms with Gasteiger partial charge in [0.2, 0.25) is 0 Å². The number of aromatic nitrogens is 1. The van der Waals surface area contributed by atoms with Gasteiger partial charge in [-0.1, -0.05) is 0 Å². The minimum Gasteiger partial charge on any atom is -0.496 e. The lowest BCUT2D eigenvalue weighted by Gasteiger charge is -2.09. The van der Waals surface area contributed by atoms with Crippen LogP contribution in [0.1, 0.15) is 18.1 Å². The quantitative estimate of drug-likeness (QED) is 0.682. The number of carbonyl (C=O) groups excluding carboxylic acids is 1. The number of hydrogen-bond donors (Lipinski definition) is 1. The number of ether oxygens (including phenoxy) is 2. The number of nitrogens with zero attached hydrogens (tertiary/aromatic N) is 2. The van der Waals surface area contributed by atoms with Crippen LogP contribution in [0, 0.1) is 11.3 Å². The molecule has 2 aromatic rings. The van der Waals surface area contributed by atoms with Crippen molar-refractivity contribution in [3.63, 3.8) is 0 Å². The Hall–Kier alpha value is -2.85. The molecule has 24 heavy (non-hydrogen) atoms. The van der Waals surface area contributed by atoms with Crippen LogP contribution in [0.25, 0.3) is 6.08 Å². The Balaban J connectivity index is 1.92. The van der Waals surface area contributed by atoms with Crippen LogP contribution in [0.3, 0.4) is 0 Å². The van der Waals surface area contributed by atoms with E-state index in [1.807, 2.05) is 19.1 Å². The zero-order valence-corrected chi connectivity index (χ0v) is 14.0. The molecule has 0 saturated carbocycles. The molecular weight excluding hydrogens is 326 g/mol. The van der Waals surface area contributed by atoms with E-state index in [-0.39, 0.29) is 11.7 Å². The lowest BCUT2D eigenvalue weighted by molar-refractivity contribution is -0.112. The number of fused-ring (bicyclic) bond motifs is 1. The minimum absolute atomic E-state index is 0.0329. The highest BCUT2D eigenvalue weighted by molar-refractivity contribution is 7.13. The summed E-state index contributed by atoms with van der Waals surface area (Å²) in [5.74, 6) is 0.845. The van der Waals surface area contributed by atoms with E-state index in [0.717, 1.165) is 17.7 Å². The summed E-state index contributed by atoms with van der Waals surface area (Å²) in [5.41, 5.74) is 1.65. The first-order valence-corrected chi connectivity index (χ1v) is 8.19. The molecular formula is C17H15N3O3S. The van der Waals surface area contributed by atoms with Crippen LogP contribution in [-0.4, -0.2) is 24.1 Å². The van der Waals surface area contributed by atoms with Crippen LogP contribution in [-0.2, 0) is 11.2 Å². The van der Waals surface area contributed by atoms with Crippen LogP contribution < -0.4 is 14.8 Å². The smallest absolute Gasteiger partial charge is 0.268 e. The molecule has 0 aliphatic carbocycles. The number of nitrogens with one attached hydrogen (secondary N) is 1. The lowest BCUT2D eigenvalue weighted by Crippen LogP contribution is -2.13. The van der Waals surface area contributed by atoms with Gasteiger partial charge in [0.15, 0.2) is 5.13 Å². The Labute approximate surface area is 143 Å². The van der Waals surface area contributed by atoms with Gasteiger partial charge in [-0.2, -0.15) is 5.26 Å². The van der Waals surface area contributed by atoms with Crippen molar-refractivity contribution in [1.29, 1.82) is 5.26 Å². The first kappa shape index (κ1) is 16.0. The van der Waals surface area contributed by atoms with Crippen LogP contribution in [0.5, 0.6) is 11.5 Å². The summed E-state index contributed by atoms with van der Waals surface area (Å²) in [7, 11) is 1.56. The fourth-order valence-electron chi connectivity index (χ4n) is 2.50. The van der Waals surface area contributed by atoms with E-state index >= 15 is 0 Å². The van der Waals surface area contributed by atoms with Crippen molar-refractivity contribution in [2.24, 2.45) is 0 Å². The lowest BCUT2D eigenvalue weighted by atomic mass is 10.0. The van der Waals surface area contributed by atoms with Crippen molar-refractivity contribution in [2.45, 2.75) is 19.4 Å². The van der Waals surface area contributed by atoms with Gasteiger partial charge in [0.25, 0.3) is 5.91 Å². The summed E-state index contributed by atoms with van der Waals surface area (Å²) < 4.78 is 11.1. The largest absolute Gasteiger partial charge is 0.496 e. The monoisotopic (exact) mass is 341 g/mol. The Morgan fingerprint density at radius 1 is 1.58 bits per heavy atom. The maximum atomic E-state index is 12.2. The fraction of sp³-hybridized carbons (Fsp3) is 0.235. The maximum absolute atomic E-state index is 12.2. The molecule has 0 radical (unpaired) electrons. The molecule has 1 amide bonds. The van der Waals surface area contributed by atoms with Crippen molar-refractivity contribution < 1.29 is 14.3 Å². The van der Waals surface area contributed by atoms with Crippen molar-refractivity contribution in [3.05, 3.63) is 40.4 Å². The zero-order chi connectivity index (χ0) is 17.1. The van der Waals surface area contributed by atoms with Crippen LogP contribution in [0.4, 0.5) is 5.13 Å². The molecule has 2 heterocycles. The van der Waals surface area contributed by atoms with Gasteiger partial charge in [0, 0.05) is 29.1 Å². The first-order valence-electron chi connectivity index (χ1n) is 7.31. The van der Waals surface area contributed by atoms with Crippen molar-refractivity contribution in [3.8, 4) is 17.6 Å². The number of benzene rings is 1. The van der Waals surface area contributed by atoms with Gasteiger partial charge in [-0.25, -0.2) is 4.98 Å². The molecule has 0 fully saturated rings.